The molecule has 0 aliphatic carbocycles. The van der Waals surface area contributed by atoms with E-state index in [2.05, 4.69) is 0 Å². The van der Waals surface area contributed by atoms with Crippen molar-refractivity contribution in [1.82, 2.24) is 4.90 Å². The molecule has 19 heavy (non-hydrogen) atoms. The van der Waals surface area contributed by atoms with Crippen LogP contribution in [0.1, 0.15) is 5.56 Å². The second-order valence-corrected chi connectivity index (χ2v) is 4.84. The number of carboxylic acids is 1. The third kappa shape index (κ3) is 4.67. The van der Waals surface area contributed by atoms with Crippen molar-refractivity contribution >= 4 is 29.0 Å². The quantitative estimate of drug-likeness (QED) is 0.678. The van der Waals surface area contributed by atoms with Gasteiger partial charge in [0.1, 0.15) is 5.75 Å². The van der Waals surface area contributed by atoms with Gasteiger partial charge in [0, 0.05) is 20.2 Å². The molecule has 6 heteroatoms. The molecule has 0 radical (unpaired) electrons. The van der Waals surface area contributed by atoms with Crippen LogP contribution in [0.5, 0.6) is 5.75 Å². The van der Waals surface area contributed by atoms with Gasteiger partial charge in [0.25, 0.3) is 5.24 Å². The van der Waals surface area contributed by atoms with Crippen LogP contribution in [-0.2, 0) is 4.79 Å². The van der Waals surface area contributed by atoms with Crippen LogP contribution in [0.15, 0.2) is 29.2 Å². The highest BCUT2D eigenvalue weighted by Gasteiger charge is 2.11. The second kappa shape index (κ2) is 6.84. The van der Waals surface area contributed by atoms with Crippen molar-refractivity contribution in [2.75, 3.05) is 21.2 Å². The van der Waals surface area contributed by atoms with E-state index in [4.69, 9.17) is 9.84 Å². The molecule has 0 unspecified atom stereocenters. The van der Waals surface area contributed by atoms with Crippen molar-refractivity contribution in [3.8, 4) is 5.75 Å². The van der Waals surface area contributed by atoms with E-state index in [1.165, 1.54) is 18.1 Å². The number of amides is 1. The van der Waals surface area contributed by atoms with E-state index in [1.54, 1.807) is 32.3 Å². The standard InChI is InChI=1S/C13H15NO4S/c1-14(2)13(17)19-11-6-4-9(5-7-12(15)16)8-10(11)18-3/h4-8H,1-3H3,(H,15,16)/b7-5+. The van der Waals surface area contributed by atoms with E-state index in [1.807, 2.05) is 0 Å². The summed E-state index contributed by atoms with van der Waals surface area (Å²) < 4.78 is 5.20. The van der Waals surface area contributed by atoms with Gasteiger partial charge in [-0.2, -0.15) is 0 Å². The maximum Gasteiger partial charge on any atom is 0.328 e. The van der Waals surface area contributed by atoms with Gasteiger partial charge >= 0.3 is 5.97 Å². The smallest absolute Gasteiger partial charge is 0.328 e. The lowest BCUT2D eigenvalue weighted by Gasteiger charge is -2.12. The zero-order valence-electron chi connectivity index (χ0n) is 10.9. The van der Waals surface area contributed by atoms with Crippen molar-refractivity contribution in [3.05, 3.63) is 29.8 Å². The predicted molar refractivity (Wildman–Crippen MR) is 74.6 cm³/mol. The molecule has 0 aliphatic rings. The van der Waals surface area contributed by atoms with E-state index in [-0.39, 0.29) is 5.24 Å². The Morgan fingerprint density at radius 3 is 2.58 bits per heavy atom. The Labute approximate surface area is 115 Å². The number of aliphatic carboxylic acids is 1. The van der Waals surface area contributed by atoms with Gasteiger partial charge in [-0.15, -0.1) is 0 Å². The van der Waals surface area contributed by atoms with Crippen LogP contribution in [0.2, 0.25) is 0 Å². The molecule has 0 bridgehead atoms. The molecule has 0 atom stereocenters. The van der Waals surface area contributed by atoms with Crippen molar-refractivity contribution in [3.63, 3.8) is 0 Å². The monoisotopic (exact) mass is 281 g/mol. The van der Waals surface area contributed by atoms with E-state index in [0.29, 0.717) is 16.2 Å². The molecule has 0 aliphatic heterocycles. The Bertz CT molecular complexity index is 511. The predicted octanol–water partition coefficient (Wildman–Crippen LogP) is 2.57. The first kappa shape index (κ1) is 15.1. The van der Waals surface area contributed by atoms with Crippen molar-refractivity contribution < 1.29 is 19.4 Å². The average molecular weight is 281 g/mol. The van der Waals surface area contributed by atoms with Gasteiger partial charge in [-0.1, -0.05) is 6.07 Å². The molecule has 0 heterocycles. The third-order valence-corrected chi connectivity index (χ3v) is 3.27. The summed E-state index contributed by atoms with van der Waals surface area (Å²) >= 11 is 1.06. The topological polar surface area (TPSA) is 66.8 Å². The normalized spacial score (nSPS) is 10.5. The summed E-state index contributed by atoms with van der Waals surface area (Å²) in [6, 6.07) is 5.14. The van der Waals surface area contributed by atoms with Gasteiger partial charge in [-0.25, -0.2) is 4.79 Å². The molecule has 1 N–H and O–H groups in total. The average Bonchev–Trinajstić information content (AvgIpc) is 2.37. The van der Waals surface area contributed by atoms with Crippen LogP contribution in [0.25, 0.3) is 6.08 Å². The zero-order valence-corrected chi connectivity index (χ0v) is 11.7. The van der Waals surface area contributed by atoms with E-state index < -0.39 is 5.97 Å². The zero-order chi connectivity index (χ0) is 14.4. The lowest BCUT2D eigenvalue weighted by Crippen LogP contribution is -2.16. The summed E-state index contributed by atoms with van der Waals surface area (Å²) in [5.74, 6) is -0.479. The van der Waals surface area contributed by atoms with Crippen LogP contribution in [0, 0.1) is 0 Å². The van der Waals surface area contributed by atoms with E-state index >= 15 is 0 Å². The molecule has 0 fully saturated rings. The van der Waals surface area contributed by atoms with Crippen molar-refractivity contribution in [2.45, 2.75) is 4.90 Å². The van der Waals surface area contributed by atoms with Gasteiger partial charge in [0.05, 0.1) is 12.0 Å². The first-order valence-electron chi connectivity index (χ1n) is 5.42. The van der Waals surface area contributed by atoms with Crippen molar-refractivity contribution in [2.24, 2.45) is 0 Å². The van der Waals surface area contributed by atoms with Gasteiger partial charge < -0.3 is 14.7 Å². The molecule has 0 saturated heterocycles. The number of hydrogen-bond acceptors (Lipinski definition) is 4. The number of nitrogens with zero attached hydrogens (tertiary/aromatic N) is 1. The lowest BCUT2D eigenvalue weighted by molar-refractivity contribution is -0.131. The van der Waals surface area contributed by atoms with Crippen LogP contribution in [0.3, 0.4) is 0 Å². The van der Waals surface area contributed by atoms with E-state index in [9.17, 15) is 9.59 Å². The summed E-state index contributed by atoms with van der Waals surface area (Å²) in [5, 5.41) is 8.46. The fraction of sp³-hybridized carbons (Fsp3) is 0.231. The molecule has 1 amide bonds. The Hall–Kier alpha value is -1.95. The number of carboxylic acid groups (broad SMARTS) is 1. The van der Waals surface area contributed by atoms with Crippen LogP contribution >= 0.6 is 11.8 Å². The Kier molecular flexibility index (Phi) is 5.44. The minimum Gasteiger partial charge on any atom is -0.496 e. The highest BCUT2D eigenvalue weighted by Crippen LogP contribution is 2.31. The molecule has 5 nitrogen and oxygen atoms in total. The first-order valence-corrected chi connectivity index (χ1v) is 6.24. The number of carbonyl (C=O) groups excluding carboxylic acids is 1. The largest absolute Gasteiger partial charge is 0.496 e. The number of benzene rings is 1. The van der Waals surface area contributed by atoms with Gasteiger partial charge in [-0.3, -0.25) is 4.79 Å². The van der Waals surface area contributed by atoms with Crippen LogP contribution < -0.4 is 4.74 Å². The molecule has 1 aromatic carbocycles. The Morgan fingerprint density at radius 2 is 2.05 bits per heavy atom. The van der Waals surface area contributed by atoms with E-state index in [0.717, 1.165) is 17.8 Å². The summed E-state index contributed by atoms with van der Waals surface area (Å²) in [6.45, 7) is 0. The molecule has 0 aromatic heterocycles. The molecular weight excluding hydrogens is 266 g/mol. The first-order chi connectivity index (χ1) is 8.93. The highest BCUT2D eigenvalue weighted by molar-refractivity contribution is 8.13. The molecule has 1 rings (SSSR count). The molecule has 0 spiro atoms. The molecule has 1 aromatic rings. The fourth-order valence-electron chi connectivity index (χ4n) is 1.23. The summed E-state index contributed by atoms with van der Waals surface area (Å²) in [4.78, 5) is 24.2. The second-order valence-electron chi connectivity index (χ2n) is 3.84. The Balaban J connectivity index is 2.96. The maximum atomic E-state index is 11.6. The summed E-state index contributed by atoms with van der Waals surface area (Å²) in [7, 11) is 4.85. The van der Waals surface area contributed by atoms with Crippen LogP contribution in [-0.4, -0.2) is 42.4 Å². The maximum absolute atomic E-state index is 11.6. The number of ether oxygens (including phenoxy) is 1. The third-order valence-electron chi connectivity index (χ3n) is 2.17. The summed E-state index contributed by atoms with van der Waals surface area (Å²) in [5.41, 5.74) is 0.695. The molecule has 102 valence electrons. The summed E-state index contributed by atoms with van der Waals surface area (Å²) in [6.07, 6.45) is 2.51. The van der Waals surface area contributed by atoms with Gasteiger partial charge in [0.2, 0.25) is 0 Å². The minimum absolute atomic E-state index is 0.105. The Morgan fingerprint density at radius 1 is 1.37 bits per heavy atom. The van der Waals surface area contributed by atoms with Gasteiger partial charge in [0.15, 0.2) is 0 Å². The molecule has 0 saturated carbocycles. The number of thioether (sulfide) groups is 1. The van der Waals surface area contributed by atoms with Crippen LogP contribution in [0.4, 0.5) is 4.79 Å². The van der Waals surface area contributed by atoms with Gasteiger partial charge in [-0.05, 0) is 35.5 Å². The number of carbonyl (C=O) groups is 2. The fourth-order valence-corrected chi connectivity index (χ4v) is 1.97. The number of hydrogen-bond donors (Lipinski definition) is 1. The minimum atomic E-state index is -1.01. The highest BCUT2D eigenvalue weighted by atomic mass is 32.2. The number of methoxy groups -OCH3 is 1. The van der Waals surface area contributed by atoms with Crippen molar-refractivity contribution in [1.29, 1.82) is 0 Å². The SMILES string of the molecule is COc1cc(/C=C/C(=O)O)ccc1SC(=O)N(C)C. The lowest BCUT2D eigenvalue weighted by atomic mass is 10.2. The molecular formula is C13H15NO4S. The number of rotatable bonds is 4.